The molecule has 1 N–H and O–H groups in total. The van der Waals surface area contributed by atoms with Crippen LogP contribution in [0.15, 0.2) is 24.3 Å². The zero-order valence-corrected chi connectivity index (χ0v) is 8.38. The second-order valence-corrected chi connectivity index (χ2v) is 3.78. The van der Waals surface area contributed by atoms with E-state index < -0.39 is 0 Å². The zero-order chi connectivity index (χ0) is 9.26. The van der Waals surface area contributed by atoms with Crippen molar-refractivity contribution in [1.29, 1.82) is 0 Å². The Morgan fingerprint density at radius 3 is 2.77 bits per heavy atom. The molecule has 3 heteroatoms. The minimum absolute atomic E-state index is 0.672. The molecule has 13 heavy (non-hydrogen) atoms. The maximum absolute atomic E-state index is 5.80. The van der Waals surface area contributed by atoms with Crippen molar-refractivity contribution in [2.24, 2.45) is 0 Å². The number of halogens is 1. The molecule has 0 saturated carbocycles. The number of rotatable bonds is 3. The van der Waals surface area contributed by atoms with Crippen LogP contribution in [0.4, 0.5) is 5.69 Å². The van der Waals surface area contributed by atoms with Crippen LogP contribution < -0.4 is 10.2 Å². The standard InChI is InChI=1S/C10H13ClN2/c1-12-6-10-7-13(10)9-4-2-8(11)3-5-9/h2-5,10,12H,6-7H2,1H3. The smallest absolute Gasteiger partial charge is 0.0590 e. The van der Waals surface area contributed by atoms with Gasteiger partial charge in [-0.15, -0.1) is 0 Å². The molecule has 2 nitrogen and oxygen atoms in total. The summed E-state index contributed by atoms with van der Waals surface area (Å²) in [5.41, 5.74) is 1.27. The highest BCUT2D eigenvalue weighted by atomic mass is 35.5. The number of nitrogens with one attached hydrogen (secondary N) is 1. The molecule has 1 atom stereocenters. The number of hydrogen-bond donors (Lipinski definition) is 1. The van der Waals surface area contributed by atoms with Gasteiger partial charge >= 0.3 is 0 Å². The molecular weight excluding hydrogens is 184 g/mol. The van der Waals surface area contributed by atoms with Crippen molar-refractivity contribution in [2.75, 3.05) is 25.0 Å². The van der Waals surface area contributed by atoms with Gasteiger partial charge in [-0.05, 0) is 31.3 Å². The summed E-state index contributed by atoms with van der Waals surface area (Å²) < 4.78 is 0. The van der Waals surface area contributed by atoms with Crippen LogP contribution in [0.25, 0.3) is 0 Å². The number of benzene rings is 1. The molecule has 1 aromatic carbocycles. The average molecular weight is 197 g/mol. The fourth-order valence-corrected chi connectivity index (χ4v) is 1.67. The highest BCUT2D eigenvalue weighted by Gasteiger charge is 2.32. The van der Waals surface area contributed by atoms with Crippen LogP contribution in [0.3, 0.4) is 0 Å². The van der Waals surface area contributed by atoms with E-state index in [-0.39, 0.29) is 0 Å². The van der Waals surface area contributed by atoms with E-state index in [0.717, 1.165) is 18.1 Å². The van der Waals surface area contributed by atoms with Crippen molar-refractivity contribution >= 4 is 17.3 Å². The van der Waals surface area contributed by atoms with E-state index in [4.69, 9.17) is 11.6 Å². The van der Waals surface area contributed by atoms with Crippen molar-refractivity contribution in [1.82, 2.24) is 5.32 Å². The second kappa shape index (κ2) is 3.56. The van der Waals surface area contributed by atoms with Gasteiger partial charge in [-0.2, -0.15) is 0 Å². The molecule has 1 aliphatic heterocycles. The van der Waals surface area contributed by atoms with Crippen LogP contribution >= 0.6 is 11.6 Å². The molecule has 70 valence electrons. The largest absolute Gasteiger partial charge is 0.363 e. The van der Waals surface area contributed by atoms with Gasteiger partial charge in [-0.3, -0.25) is 0 Å². The van der Waals surface area contributed by atoms with Crippen molar-refractivity contribution in [3.63, 3.8) is 0 Å². The van der Waals surface area contributed by atoms with Gasteiger partial charge in [0.05, 0.1) is 6.04 Å². The summed E-state index contributed by atoms with van der Waals surface area (Å²) in [5.74, 6) is 0. The molecule has 2 rings (SSSR count). The number of nitrogens with zero attached hydrogens (tertiary/aromatic N) is 1. The predicted octanol–water partition coefficient (Wildman–Crippen LogP) is 1.75. The molecule has 1 fully saturated rings. The number of anilines is 1. The van der Waals surface area contributed by atoms with Crippen LogP contribution in [-0.2, 0) is 0 Å². The molecule has 0 aromatic heterocycles. The average Bonchev–Trinajstić information content (AvgIpc) is 2.86. The fraction of sp³-hybridized carbons (Fsp3) is 0.400. The highest BCUT2D eigenvalue weighted by molar-refractivity contribution is 6.30. The Labute approximate surface area is 83.5 Å². The lowest BCUT2D eigenvalue weighted by Crippen LogP contribution is -2.16. The van der Waals surface area contributed by atoms with Crippen LogP contribution in [0.2, 0.25) is 5.02 Å². The van der Waals surface area contributed by atoms with E-state index >= 15 is 0 Å². The molecule has 1 aromatic rings. The van der Waals surface area contributed by atoms with E-state index in [2.05, 4.69) is 22.3 Å². The summed E-state index contributed by atoms with van der Waals surface area (Å²) in [4.78, 5) is 2.35. The molecule has 0 spiro atoms. The topological polar surface area (TPSA) is 15.0 Å². The molecule has 0 radical (unpaired) electrons. The third-order valence-electron chi connectivity index (χ3n) is 2.31. The first kappa shape index (κ1) is 8.85. The fourth-order valence-electron chi connectivity index (χ4n) is 1.54. The lowest BCUT2D eigenvalue weighted by Gasteiger charge is -2.04. The van der Waals surface area contributed by atoms with Gasteiger partial charge in [0.25, 0.3) is 0 Å². The summed E-state index contributed by atoms with van der Waals surface area (Å²) in [7, 11) is 1.98. The first-order chi connectivity index (χ1) is 6.31. The van der Waals surface area contributed by atoms with Gasteiger partial charge in [-0.25, -0.2) is 0 Å². The van der Waals surface area contributed by atoms with Gasteiger partial charge in [0.15, 0.2) is 0 Å². The summed E-state index contributed by atoms with van der Waals surface area (Å²) >= 11 is 5.80. The Balaban J connectivity index is 2.00. The van der Waals surface area contributed by atoms with Crippen molar-refractivity contribution < 1.29 is 0 Å². The Morgan fingerprint density at radius 1 is 1.46 bits per heavy atom. The van der Waals surface area contributed by atoms with E-state index in [1.54, 1.807) is 0 Å². The van der Waals surface area contributed by atoms with Crippen LogP contribution in [0.1, 0.15) is 0 Å². The third-order valence-corrected chi connectivity index (χ3v) is 2.56. The first-order valence-electron chi connectivity index (χ1n) is 4.48. The molecule has 1 saturated heterocycles. The second-order valence-electron chi connectivity index (χ2n) is 3.34. The summed E-state index contributed by atoms with van der Waals surface area (Å²) in [6.07, 6.45) is 0. The summed E-state index contributed by atoms with van der Waals surface area (Å²) in [6.45, 7) is 2.21. The maximum atomic E-state index is 5.80. The molecule has 0 aliphatic carbocycles. The molecule has 0 bridgehead atoms. The van der Waals surface area contributed by atoms with E-state index in [1.165, 1.54) is 5.69 Å². The van der Waals surface area contributed by atoms with Crippen LogP contribution in [0, 0.1) is 0 Å². The monoisotopic (exact) mass is 196 g/mol. The normalized spacial score (nSPS) is 20.5. The van der Waals surface area contributed by atoms with Gasteiger partial charge < -0.3 is 10.2 Å². The lowest BCUT2D eigenvalue weighted by atomic mass is 10.3. The SMILES string of the molecule is CNCC1CN1c1ccc(Cl)cc1. The van der Waals surface area contributed by atoms with Gasteiger partial charge in [-0.1, -0.05) is 11.6 Å². The third kappa shape index (κ3) is 1.95. The minimum Gasteiger partial charge on any atom is -0.363 e. The number of likely N-dealkylation sites (N-methyl/N-ethyl adjacent to an activating group) is 1. The quantitative estimate of drug-likeness (QED) is 0.741. The molecule has 1 heterocycles. The zero-order valence-electron chi connectivity index (χ0n) is 7.63. The Bertz CT molecular complexity index is 283. The van der Waals surface area contributed by atoms with E-state index in [0.29, 0.717) is 6.04 Å². The Hall–Kier alpha value is -0.730. The Kier molecular flexibility index (Phi) is 2.42. The summed E-state index contributed by atoms with van der Waals surface area (Å²) in [6, 6.07) is 8.68. The van der Waals surface area contributed by atoms with Gasteiger partial charge in [0, 0.05) is 23.8 Å². The maximum Gasteiger partial charge on any atom is 0.0590 e. The van der Waals surface area contributed by atoms with E-state index in [9.17, 15) is 0 Å². The minimum atomic E-state index is 0.672. The molecule has 0 amide bonds. The van der Waals surface area contributed by atoms with Crippen LogP contribution in [0.5, 0.6) is 0 Å². The van der Waals surface area contributed by atoms with Gasteiger partial charge in [0.1, 0.15) is 0 Å². The summed E-state index contributed by atoms with van der Waals surface area (Å²) in [5, 5.41) is 3.97. The van der Waals surface area contributed by atoms with E-state index in [1.807, 2.05) is 19.2 Å². The molecule has 1 aliphatic rings. The van der Waals surface area contributed by atoms with Gasteiger partial charge in [0.2, 0.25) is 0 Å². The van der Waals surface area contributed by atoms with Crippen LogP contribution in [-0.4, -0.2) is 26.2 Å². The van der Waals surface area contributed by atoms with Crippen molar-refractivity contribution in [3.8, 4) is 0 Å². The predicted molar refractivity (Wildman–Crippen MR) is 56.5 cm³/mol. The number of hydrogen-bond acceptors (Lipinski definition) is 2. The Morgan fingerprint density at radius 2 is 2.15 bits per heavy atom. The highest BCUT2D eigenvalue weighted by Crippen LogP contribution is 2.28. The first-order valence-corrected chi connectivity index (χ1v) is 4.86. The lowest BCUT2D eigenvalue weighted by molar-refractivity contribution is 0.791. The molecule has 1 unspecified atom stereocenters. The molecular formula is C10H13ClN2. The van der Waals surface area contributed by atoms with Crippen molar-refractivity contribution in [2.45, 2.75) is 6.04 Å². The van der Waals surface area contributed by atoms with Crippen molar-refractivity contribution in [3.05, 3.63) is 29.3 Å².